The first-order valence-electron chi connectivity index (χ1n) is 15.4. The summed E-state index contributed by atoms with van der Waals surface area (Å²) in [5, 5.41) is 6.00. The van der Waals surface area contributed by atoms with Crippen LogP contribution >= 0.6 is 34.0 Å². The van der Waals surface area contributed by atoms with E-state index in [1.165, 1.54) is 25.3 Å². The van der Waals surface area contributed by atoms with E-state index in [0.29, 0.717) is 14.6 Å². The van der Waals surface area contributed by atoms with Gasteiger partial charge in [0.2, 0.25) is 11.8 Å². The number of thiophene rings is 3. The lowest BCUT2D eigenvalue weighted by Crippen LogP contribution is -2.24. The highest BCUT2D eigenvalue weighted by molar-refractivity contribution is 7.17. The normalized spacial score (nSPS) is 11.8. The van der Waals surface area contributed by atoms with E-state index in [9.17, 15) is 28.8 Å². The number of carbonyl (C=O) groups is 6. The highest BCUT2D eigenvalue weighted by Gasteiger charge is 2.28. The molecule has 16 heteroatoms. The Morgan fingerprint density at radius 1 is 0.580 bits per heavy atom. The number of hydrogen-bond acceptors (Lipinski definition) is 14. The maximum absolute atomic E-state index is 13.3. The van der Waals surface area contributed by atoms with E-state index < -0.39 is 52.5 Å². The summed E-state index contributed by atoms with van der Waals surface area (Å²) >= 11 is 3.11. The van der Waals surface area contributed by atoms with Gasteiger partial charge >= 0.3 is 23.9 Å². The van der Waals surface area contributed by atoms with Gasteiger partial charge in [0.1, 0.15) is 31.8 Å². The SMILES string of the molecule is COC(=O)Cc1cc(C(=O)OC(C)(C)C)c(NC(=O)Cc2cc(C(=O)OC(C)(C)C)c(NC(=O)Cc3cc(C(=O)OC(C)(C)C)c(N)s3)s2)s1. The lowest BCUT2D eigenvalue weighted by molar-refractivity contribution is -0.139. The molecular weight excluding hydrogens is 707 g/mol. The van der Waals surface area contributed by atoms with Gasteiger partial charge in [0, 0.05) is 14.6 Å². The summed E-state index contributed by atoms with van der Waals surface area (Å²) in [5.74, 6) is -3.54. The summed E-state index contributed by atoms with van der Waals surface area (Å²) in [4.78, 5) is 78.5. The Morgan fingerprint density at radius 3 is 1.30 bits per heavy atom. The molecular formula is C34H43N3O10S3. The van der Waals surface area contributed by atoms with Gasteiger partial charge in [-0.3, -0.25) is 14.4 Å². The number of nitrogen functional groups attached to an aromatic ring is 1. The van der Waals surface area contributed by atoms with E-state index in [-0.39, 0.29) is 51.0 Å². The van der Waals surface area contributed by atoms with Gasteiger partial charge in [-0.25, -0.2) is 14.4 Å². The number of esters is 4. The van der Waals surface area contributed by atoms with E-state index in [0.717, 1.165) is 34.0 Å². The predicted molar refractivity (Wildman–Crippen MR) is 193 cm³/mol. The Labute approximate surface area is 302 Å². The third kappa shape index (κ3) is 12.2. The molecule has 0 saturated carbocycles. The van der Waals surface area contributed by atoms with Crippen molar-refractivity contribution in [1.29, 1.82) is 0 Å². The Balaban J connectivity index is 1.84. The Kier molecular flexibility index (Phi) is 12.6. The maximum atomic E-state index is 13.3. The second-order valence-electron chi connectivity index (χ2n) is 14.1. The molecule has 4 N–H and O–H groups in total. The molecule has 3 aromatic heterocycles. The lowest BCUT2D eigenvalue weighted by atomic mass is 10.2. The van der Waals surface area contributed by atoms with Crippen LogP contribution in [0.25, 0.3) is 0 Å². The fraction of sp³-hybridized carbons (Fsp3) is 0.471. The Bertz CT molecular complexity index is 1780. The molecule has 0 fully saturated rings. The van der Waals surface area contributed by atoms with Gasteiger partial charge in [-0.15, -0.1) is 34.0 Å². The van der Waals surface area contributed by atoms with Crippen LogP contribution in [-0.4, -0.2) is 59.6 Å². The minimum Gasteiger partial charge on any atom is -0.469 e. The fourth-order valence-electron chi connectivity index (χ4n) is 4.12. The first-order valence-corrected chi connectivity index (χ1v) is 17.9. The van der Waals surface area contributed by atoms with E-state index >= 15 is 0 Å². The van der Waals surface area contributed by atoms with Gasteiger partial charge in [0.05, 0.1) is 43.1 Å². The topological polar surface area (TPSA) is 189 Å². The number of ether oxygens (including phenoxy) is 4. The first kappa shape index (κ1) is 40.2. The zero-order chi connectivity index (χ0) is 37.8. The molecule has 272 valence electrons. The molecule has 3 rings (SSSR count). The van der Waals surface area contributed by atoms with Crippen LogP contribution < -0.4 is 16.4 Å². The summed E-state index contributed by atoms with van der Waals surface area (Å²) in [6.45, 7) is 15.4. The van der Waals surface area contributed by atoms with Crippen molar-refractivity contribution >= 4 is 84.7 Å². The highest BCUT2D eigenvalue weighted by atomic mass is 32.1. The second-order valence-corrected chi connectivity index (χ2v) is 17.6. The molecule has 0 aromatic carbocycles. The molecule has 13 nitrogen and oxygen atoms in total. The van der Waals surface area contributed by atoms with Gasteiger partial charge in [-0.05, 0) is 80.5 Å². The molecule has 0 aliphatic rings. The number of nitrogens with one attached hydrogen (secondary N) is 2. The number of hydrogen-bond donors (Lipinski definition) is 3. The number of anilines is 3. The lowest BCUT2D eigenvalue weighted by Gasteiger charge is -2.19. The number of amides is 2. The quantitative estimate of drug-likeness (QED) is 0.145. The zero-order valence-electron chi connectivity index (χ0n) is 29.7. The van der Waals surface area contributed by atoms with Crippen LogP contribution in [-0.2, 0) is 52.6 Å². The van der Waals surface area contributed by atoms with Crippen molar-refractivity contribution < 1.29 is 47.7 Å². The molecule has 0 aliphatic carbocycles. The maximum Gasteiger partial charge on any atom is 0.341 e. The third-order valence-corrected chi connectivity index (χ3v) is 9.02. The Hall–Kier alpha value is -4.28. The predicted octanol–water partition coefficient (Wildman–Crippen LogP) is 6.40. The summed E-state index contributed by atoms with van der Waals surface area (Å²) in [6.07, 6.45) is -0.492. The van der Waals surface area contributed by atoms with Crippen molar-refractivity contribution in [1.82, 2.24) is 0 Å². The monoisotopic (exact) mass is 749 g/mol. The molecule has 3 heterocycles. The summed E-state index contributed by atoms with van der Waals surface area (Å²) < 4.78 is 21.2. The van der Waals surface area contributed by atoms with Crippen molar-refractivity contribution in [3.8, 4) is 0 Å². The van der Waals surface area contributed by atoms with Gasteiger partial charge < -0.3 is 35.3 Å². The van der Waals surface area contributed by atoms with Gasteiger partial charge in [0.15, 0.2) is 0 Å². The van der Waals surface area contributed by atoms with Crippen molar-refractivity contribution in [3.05, 3.63) is 49.5 Å². The van der Waals surface area contributed by atoms with Gasteiger partial charge in [0.25, 0.3) is 0 Å². The van der Waals surface area contributed by atoms with Crippen LogP contribution in [0.15, 0.2) is 18.2 Å². The molecule has 50 heavy (non-hydrogen) atoms. The van der Waals surface area contributed by atoms with Gasteiger partial charge in [-0.2, -0.15) is 0 Å². The van der Waals surface area contributed by atoms with Crippen molar-refractivity contribution in [2.45, 2.75) is 98.4 Å². The molecule has 0 aliphatic heterocycles. The first-order chi connectivity index (χ1) is 22.9. The zero-order valence-corrected chi connectivity index (χ0v) is 32.2. The molecule has 0 unspecified atom stereocenters. The minimum atomic E-state index is -0.844. The largest absolute Gasteiger partial charge is 0.469 e. The minimum absolute atomic E-state index is 0.0483. The third-order valence-electron chi connectivity index (χ3n) is 5.96. The van der Waals surface area contributed by atoms with E-state index in [1.807, 2.05) is 0 Å². The van der Waals surface area contributed by atoms with Gasteiger partial charge in [-0.1, -0.05) is 0 Å². The summed E-state index contributed by atoms with van der Waals surface area (Å²) in [6, 6.07) is 4.44. The average molecular weight is 750 g/mol. The molecule has 0 bridgehead atoms. The standard InChI is InChI=1S/C34H43N3O10S3/c1-32(2,3)45-29(41)20-11-17(48-26(20)35)14-23(38)36-27-21(30(42)46-33(4,5)6)12-18(49-27)15-24(39)37-28-22(31(43)47-34(7,8)9)13-19(50-28)16-25(40)44-10/h11-13H,14-16,35H2,1-10H3,(H,36,38)(H,37,39). The van der Waals surface area contributed by atoms with Crippen molar-refractivity contribution in [2.24, 2.45) is 0 Å². The number of rotatable bonds is 11. The van der Waals surface area contributed by atoms with E-state index in [2.05, 4.69) is 10.6 Å². The smallest absolute Gasteiger partial charge is 0.341 e. The van der Waals surface area contributed by atoms with Crippen LogP contribution in [0.3, 0.4) is 0 Å². The molecule has 0 spiro atoms. The van der Waals surface area contributed by atoms with E-state index in [1.54, 1.807) is 62.3 Å². The molecule has 0 radical (unpaired) electrons. The number of methoxy groups -OCH3 is 1. The Morgan fingerprint density at radius 2 is 0.920 bits per heavy atom. The van der Waals surface area contributed by atoms with Crippen LogP contribution in [0.5, 0.6) is 0 Å². The van der Waals surface area contributed by atoms with Crippen LogP contribution in [0, 0.1) is 0 Å². The van der Waals surface area contributed by atoms with Crippen molar-refractivity contribution in [3.63, 3.8) is 0 Å². The molecule has 3 aromatic rings. The fourth-order valence-corrected chi connectivity index (χ4v) is 7.14. The van der Waals surface area contributed by atoms with Crippen LogP contribution in [0.4, 0.5) is 15.0 Å². The second kappa shape index (κ2) is 15.7. The molecule has 0 atom stereocenters. The summed E-state index contributed by atoms with van der Waals surface area (Å²) in [7, 11) is 1.25. The number of carbonyl (C=O) groups excluding carboxylic acids is 6. The number of nitrogens with two attached hydrogens (primary N) is 1. The highest BCUT2D eigenvalue weighted by Crippen LogP contribution is 2.34. The molecule has 2 amide bonds. The van der Waals surface area contributed by atoms with Crippen molar-refractivity contribution in [2.75, 3.05) is 23.5 Å². The van der Waals surface area contributed by atoms with Crippen LogP contribution in [0.2, 0.25) is 0 Å². The van der Waals surface area contributed by atoms with E-state index in [4.69, 9.17) is 24.7 Å². The summed E-state index contributed by atoms with van der Waals surface area (Å²) in [5.41, 5.74) is 3.94. The average Bonchev–Trinajstić information content (AvgIpc) is 3.62. The molecule has 0 saturated heterocycles. The van der Waals surface area contributed by atoms with Crippen LogP contribution in [0.1, 0.15) is 108 Å².